The highest BCUT2D eigenvalue weighted by Gasteiger charge is 2.28. The molecule has 10 heteroatoms. The number of ether oxygens (including phenoxy) is 1. The zero-order chi connectivity index (χ0) is 22.2. The van der Waals surface area contributed by atoms with Gasteiger partial charge in [0.2, 0.25) is 0 Å². The molecular weight excluding hydrogens is 423 g/mol. The second-order valence-corrected chi connectivity index (χ2v) is 7.87. The van der Waals surface area contributed by atoms with Crippen LogP contribution in [0.2, 0.25) is 0 Å². The van der Waals surface area contributed by atoms with Crippen molar-refractivity contribution in [3.63, 3.8) is 0 Å². The molecule has 0 spiro atoms. The highest BCUT2D eigenvalue weighted by atomic mass is 31.0. The highest BCUT2D eigenvalue weighted by molar-refractivity contribution is 7.17. The molecule has 0 saturated carbocycles. The fourth-order valence-corrected chi connectivity index (χ4v) is 3.35. The van der Waals surface area contributed by atoms with E-state index in [0.717, 1.165) is 23.2 Å². The van der Waals surface area contributed by atoms with Crippen molar-refractivity contribution in [2.45, 2.75) is 32.0 Å². The number of hydrogen-bond donors (Lipinski definition) is 1. The molecule has 0 aliphatic heterocycles. The number of aliphatic hydroxyl groups is 1. The van der Waals surface area contributed by atoms with Crippen LogP contribution in [0.15, 0.2) is 48.9 Å². The first-order chi connectivity index (χ1) is 14.8. The van der Waals surface area contributed by atoms with Gasteiger partial charge >= 0.3 is 5.66 Å². The van der Waals surface area contributed by atoms with Crippen molar-refractivity contribution in [2.24, 2.45) is 0 Å². The summed E-state index contributed by atoms with van der Waals surface area (Å²) < 4.78 is 35.9. The minimum Gasteiger partial charge on any atom is -0.494 e. The molecule has 7 nitrogen and oxygen atoms in total. The lowest BCUT2D eigenvalue weighted by molar-refractivity contribution is 0.0981. The molecule has 31 heavy (non-hydrogen) atoms. The molecule has 0 saturated heterocycles. The molecule has 3 aromatic heterocycles. The molecule has 2 atom stereocenters. The molecule has 162 valence electrons. The Labute approximate surface area is 179 Å². The number of hydrogen-bond acceptors (Lipinski definition) is 5. The van der Waals surface area contributed by atoms with Gasteiger partial charge in [0.15, 0.2) is 5.82 Å². The Morgan fingerprint density at radius 2 is 2.03 bits per heavy atom. The maximum absolute atomic E-state index is 13.6. The van der Waals surface area contributed by atoms with E-state index in [9.17, 15) is 13.9 Å². The molecule has 4 aromatic rings. The van der Waals surface area contributed by atoms with E-state index in [2.05, 4.69) is 15.1 Å². The van der Waals surface area contributed by atoms with Gasteiger partial charge in [-0.1, -0.05) is 16.2 Å². The topological polar surface area (TPSA) is 78.0 Å². The van der Waals surface area contributed by atoms with Gasteiger partial charge in [-0.3, -0.25) is 4.57 Å². The average molecular weight is 445 g/mol. The van der Waals surface area contributed by atoms with E-state index in [4.69, 9.17) is 4.74 Å². The maximum Gasteiger partial charge on any atom is 0.302 e. The Balaban J connectivity index is 1.78. The first-order valence-electron chi connectivity index (χ1n) is 9.80. The standard InChI is InChI=1S/C21H22F2N5O2P/c1-3-10-30-14-4-6-17-16(11-14)24-12-27(17)19-7-5-15(13(2)29)20(25-19)28-9-8-18(26-28)21(22,23)31/h4-9,11-13,29H,3,10,31H2,1-2H3. The summed E-state index contributed by atoms with van der Waals surface area (Å²) in [7, 11) is 1.47. The van der Waals surface area contributed by atoms with Crippen LogP contribution in [0.4, 0.5) is 8.78 Å². The number of aliphatic hydroxyl groups excluding tert-OH is 1. The van der Waals surface area contributed by atoms with Gasteiger partial charge in [0, 0.05) is 17.8 Å². The first-order valence-corrected chi connectivity index (χ1v) is 10.4. The Morgan fingerprint density at radius 1 is 1.23 bits per heavy atom. The van der Waals surface area contributed by atoms with Crippen molar-refractivity contribution in [1.82, 2.24) is 24.3 Å². The lowest BCUT2D eigenvalue weighted by atomic mass is 10.1. The lowest BCUT2D eigenvalue weighted by Gasteiger charge is -2.14. The highest BCUT2D eigenvalue weighted by Crippen LogP contribution is 2.34. The van der Waals surface area contributed by atoms with E-state index in [1.807, 2.05) is 25.1 Å². The number of nitrogens with zero attached hydrogens (tertiary/aromatic N) is 5. The molecule has 1 aromatic carbocycles. The molecule has 1 N–H and O–H groups in total. The van der Waals surface area contributed by atoms with E-state index < -0.39 is 17.5 Å². The smallest absolute Gasteiger partial charge is 0.302 e. The minimum absolute atomic E-state index is 0.262. The van der Waals surface area contributed by atoms with Crippen LogP contribution in [0.3, 0.4) is 0 Å². The second kappa shape index (κ2) is 8.32. The Hall–Kier alpha value is -2.90. The average Bonchev–Trinajstić information content (AvgIpc) is 3.38. The Bertz CT molecular complexity index is 1220. The summed E-state index contributed by atoms with van der Waals surface area (Å²) in [5.74, 6) is 1.51. The zero-order valence-corrected chi connectivity index (χ0v) is 18.2. The van der Waals surface area contributed by atoms with E-state index >= 15 is 0 Å². The van der Waals surface area contributed by atoms with Crippen LogP contribution >= 0.6 is 9.24 Å². The Morgan fingerprint density at radius 3 is 2.71 bits per heavy atom. The number of aromatic nitrogens is 5. The molecule has 0 radical (unpaired) electrons. The predicted molar refractivity (Wildman–Crippen MR) is 116 cm³/mol. The third-order valence-electron chi connectivity index (χ3n) is 4.73. The van der Waals surface area contributed by atoms with Gasteiger partial charge in [-0.15, -0.1) is 0 Å². The number of benzene rings is 1. The number of pyridine rings is 1. The number of alkyl halides is 2. The number of imidazole rings is 1. The van der Waals surface area contributed by atoms with Crippen LogP contribution in [0.25, 0.3) is 22.7 Å². The quantitative estimate of drug-likeness (QED) is 0.428. The zero-order valence-electron chi connectivity index (χ0n) is 17.0. The summed E-state index contributed by atoms with van der Waals surface area (Å²) in [4.78, 5) is 9.03. The molecule has 0 fully saturated rings. The van der Waals surface area contributed by atoms with Gasteiger partial charge in [0.05, 0.1) is 23.7 Å². The van der Waals surface area contributed by atoms with Gasteiger partial charge in [-0.25, -0.2) is 14.6 Å². The van der Waals surface area contributed by atoms with Crippen molar-refractivity contribution >= 4 is 20.3 Å². The summed E-state index contributed by atoms with van der Waals surface area (Å²) in [5.41, 5.74) is -1.56. The van der Waals surface area contributed by atoms with Crippen LogP contribution in [0.5, 0.6) is 5.75 Å². The SMILES string of the molecule is CCCOc1ccc2c(c1)ncn2-c1ccc(C(C)O)c(-n2ccc(C(F)(F)P)n2)n1. The maximum atomic E-state index is 13.6. The summed E-state index contributed by atoms with van der Waals surface area (Å²) in [6.45, 7) is 4.24. The van der Waals surface area contributed by atoms with Crippen molar-refractivity contribution in [2.75, 3.05) is 6.61 Å². The van der Waals surface area contributed by atoms with Crippen LogP contribution < -0.4 is 4.74 Å². The van der Waals surface area contributed by atoms with Gasteiger partial charge in [-0.2, -0.15) is 13.9 Å². The van der Waals surface area contributed by atoms with Crippen molar-refractivity contribution in [3.8, 4) is 17.4 Å². The molecule has 0 bridgehead atoms. The minimum atomic E-state index is -3.16. The van der Waals surface area contributed by atoms with Crippen LogP contribution in [0.1, 0.15) is 37.6 Å². The third kappa shape index (κ3) is 4.29. The van der Waals surface area contributed by atoms with Gasteiger partial charge in [0.25, 0.3) is 0 Å². The molecular formula is C21H22F2N5O2P. The van der Waals surface area contributed by atoms with Gasteiger partial charge < -0.3 is 9.84 Å². The lowest BCUT2D eigenvalue weighted by Crippen LogP contribution is -2.11. The fraction of sp³-hybridized carbons (Fsp3) is 0.286. The van der Waals surface area contributed by atoms with E-state index in [1.54, 1.807) is 30.0 Å². The number of fused-ring (bicyclic) bond motifs is 1. The Kier molecular flexibility index (Phi) is 5.73. The molecule has 2 unspecified atom stereocenters. The third-order valence-corrected chi connectivity index (χ3v) is 5.02. The van der Waals surface area contributed by atoms with Crippen LogP contribution in [-0.2, 0) is 5.66 Å². The van der Waals surface area contributed by atoms with Gasteiger partial charge in [-0.05, 0) is 43.7 Å². The van der Waals surface area contributed by atoms with E-state index in [0.29, 0.717) is 18.0 Å². The largest absolute Gasteiger partial charge is 0.494 e. The van der Waals surface area contributed by atoms with E-state index in [1.165, 1.54) is 26.2 Å². The second-order valence-electron chi connectivity index (χ2n) is 7.14. The normalized spacial score (nSPS) is 13.0. The summed E-state index contributed by atoms with van der Waals surface area (Å²) in [6, 6.07) is 10.3. The monoisotopic (exact) mass is 445 g/mol. The molecule has 3 heterocycles. The van der Waals surface area contributed by atoms with Crippen LogP contribution in [-0.4, -0.2) is 36.0 Å². The number of halogens is 2. The van der Waals surface area contributed by atoms with Crippen molar-refractivity contribution < 1.29 is 18.6 Å². The van der Waals surface area contributed by atoms with Crippen molar-refractivity contribution in [1.29, 1.82) is 0 Å². The molecule has 0 aliphatic carbocycles. The predicted octanol–water partition coefficient (Wildman–Crippen LogP) is 4.37. The van der Waals surface area contributed by atoms with Crippen molar-refractivity contribution in [3.05, 3.63) is 60.2 Å². The fourth-order valence-electron chi connectivity index (χ4n) is 3.20. The summed E-state index contributed by atoms with van der Waals surface area (Å²) in [5, 5.41) is 14.1. The summed E-state index contributed by atoms with van der Waals surface area (Å²) in [6.07, 6.45) is 3.08. The molecule has 0 amide bonds. The van der Waals surface area contributed by atoms with Gasteiger partial charge in [0.1, 0.15) is 23.6 Å². The van der Waals surface area contributed by atoms with Crippen LogP contribution in [0, 0.1) is 0 Å². The first kappa shape index (κ1) is 21.3. The van der Waals surface area contributed by atoms with E-state index in [-0.39, 0.29) is 5.82 Å². The summed E-state index contributed by atoms with van der Waals surface area (Å²) >= 11 is 0. The molecule has 0 aliphatic rings. The number of rotatable bonds is 7. The molecule has 4 rings (SSSR count).